The van der Waals surface area contributed by atoms with E-state index in [1.54, 1.807) is 30.6 Å². The third-order valence-corrected chi connectivity index (χ3v) is 5.72. The summed E-state index contributed by atoms with van der Waals surface area (Å²) >= 11 is 7.89. The Labute approximate surface area is 174 Å². The van der Waals surface area contributed by atoms with E-state index >= 15 is 0 Å². The molecule has 1 fully saturated rings. The number of carbonyl (C=O) groups is 1. The van der Waals surface area contributed by atoms with Gasteiger partial charge in [-0.15, -0.1) is 11.3 Å². The minimum absolute atomic E-state index is 0.130. The molecule has 3 rings (SSSR count). The molecule has 1 aliphatic heterocycles. The Morgan fingerprint density at radius 2 is 2.18 bits per heavy atom. The fourth-order valence-electron chi connectivity index (χ4n) is 3.23. The molecular weight excluding hydrogens is 400 g/mol. The molecule has 1 saturated heterocycles. The highest BCUT2D eigenvalue weighted by atomic mass is 35.5. The van der Waals surface area contributed by atoms with E-state index in [0.29, 0.717) is 28.8 Å². The van der Waals surface area contributed by atoms with Crippen LogP contribution < -0.4 is 14.8 Å². The number of thiophene rings is 1. The number of amides is 1. The number of hydrogen-bond donors (Lipinski definition) is 1. The maximum absolute atomic E-state index is 12.7. The molecule has 1 aliphatic rings. The average Bonchev–Trinajstić information content (AvgIpc) is 3.36. The maximum atomic E-state index is 12.7. The lowest BCUT2D eigenvalue weighted by atomic mass is 10.2. The van der Waals surface area contributed by atoms with Crippen molar-refractivity contribution in [1.29, 1.82) is 0 Å². The van der Waals surface area contributed by atoms with Crippen molar-refractivity contribution in [2.45, 2.75) is 25.5 Å². The summed E-state index contributed by atoms with van der Waals surface area (Å²) in [7, 11) is 3.07. The molecule has 8 heteroatoms. The van der Waals surface area contributed by atoms with E-state index in [2.05, 4.69) is 16.3 Å². The molecule has 1 aromatic heterocycles. The van der Waals surface area contributed by atoms with Gasteiger partial charge in [0.15, 0.2) is 0 Å². The summed E-state index contributed by atoms with van der Waals surface area (Å²) in [6.07, 6.45) is 2.29. The van der Waals surface area contributed by atoms with Crippen molar-refractivity contribution < 1.29 is 19.0 Å². The quantitative estimate of drug-likeness (QED) is 0.658. The van der Waals surface area contributed by atoms with Crippen LogP contribution in [0.3, 0.4) is 0 Å². The Bertz CT molecular complexity index is 779. The van der Waals surface area contributed by atoms with Crippen molar-refractivity contribution in [3.8, 4) is 11.5 Å². The van der Waals surface area contributed by atoms with Gasteiger partial charge in [-0.05, 0) is 30.4 Å². The number of ether oxygens (including phenoxy) is 3. The van der Waals surface area contributed by atoms with Gasteiger partial charge >= 0.3 is 0 Å². The molecule has 1 amide bonds. The van der Waals surface area contributed by atoms with Crippen molar-refractivity contribution in [2.75, 3.05) is 39.2 Å². The molecule has 0 bridgehead atoms. The van der Waals surface area contributed by atoms with Gasteiger partial charge in [-0.25, -0.2) is 0 Å². The molecule has 0 unspecified atom stereocenters. The molecule has 2 heterocycles. The second-order valence-electron chi connectivity index (χ2n) is 6.62. The number of nitrogens with zero attached hydrogens (tertiary/aromatic N) is 1. The van der Waals surface area contributed by atoms with E-state index in [4.69, 9.17) is 25.8 Å². The van der Waals surface area contributed by atoms with Crippen molar-refractivity contribution in [3.05, 3.63) is 39.5 Å². The summed E-state index contributed by atoms with van der Waals surface area (Å²) in [5, 5.41) is 5.36. The van der Waals surface area contributed by atoms with Gasteiger partial charge in [-0.2, -0.15) is 0 Å². The monoisotopic (exact) mass is 424 g/mol. The van der Waals surface area contributed by atoms with Gasteiger partial charge in [-0.3, -0.25) is 9.69 Å². The van der Waals surface area contributed by atoms with Crippen molar-refractivity contribution in [1.82, 2.24) is 4.90 Å². The average molecular weight is 425 g/mol. The summed E-state index contributed by atoms with van der Waals surface area (Å²) < 4.78 is 16.3. The summed E-state index contributed by atoms with van der Waals surface area (Å²) in [4.78, 5) is 16.1. The third kappa shape index (κ3) is 5.61. The predicted molar refractivity (Wildman–Crippen MR) is 112 cm³/mol. The van der Waals surface area contributed by atoms with Crippen LogP contribution in [0.15, 0.2) is 29.6 Å². The van der Waals surface area contributed by atoms with Crippen molar-refractivity contribution in [2.24, 2.45) is 0 Å². The van der Waals surface area contributed by atoms with Crippen LogP contribution >= 0.6 is 22.9 Å². The van der Waals surface area contributed by atoms with Crippen molar-refractivity contribution in [3.63, 3.8) is 0 Å². The fraction of sp³-hybridized carbons (Fsp3) is 0.450. The smallest absolute Gasteiger partial charge is 0.238 e. The van der Waals surface area contributed by atoms with E-state index in [0.717, 1.165) is 26.0 Å². The highest BCUT2D eigenvalue weighted by molar-refractivity contribution is 7.09. The second kappa shape index (κ2) is 10.1. The minimum atomic E-state index is -0.130. The number of anilines is 1. The Hall–Kier alpha value is -1.80. The predicted octanol–water partition coefficient (Wildman–Crippen LogP) is 4.04. The van der Waals surface area contributed by atoms with Gasteiger partial charge in [0, 0.05) is 30.6 Å². The molecule has 0 aliphatic carbocycles. The fourth-order valence-corrected chi connectivity index (χ4v) is 4.22. The first-order valence-electron chi connectivity index (χ1n) is 9.16. The lowest BCUT2D eigenvalue weighted by molar-refractivity contribution is -0.117. The summed E-state index contributed by atoms with van der Waals surface area (Å²) in [6, 6.07) is 7.40. The lowest BCUT2D eigenvalue weighted by Gasteiger charge is -2.24. The highest BCUT2D eigenvalue weighted by Crippen LogP contribution is 2.35. The van der Waals surface area contributed by atoms with Gasteiger partial charge in [0.05, 0.1) is 37.6 Å². The minimum Gasteiger partial charge on any atom is -0.495 e. The van der Waals surface area contributed by atoms with Crippen LogP contribution in [0, 0.1) is 0 Å². The molecule has 0 spiro atoms. The molecule has 0 saturated carbocycles. The summed E-state index contributed by atoms with van der Waals surface area (Å²) in [5.41, 5.74) is 0.520. The first-order chi connectivity index (χ1) is 13.6. The molecular formula is C20H25ClN2O4S. The number of hydrogen-bond acceptors (Lipinski definition) is 6. The third-order valence-electron chi connectivity index (χ3n) is 4.56. The van der Waals surface area contributed by atoms with Crippen LogP contribution in [-0.4, -0.2) is 50.8 Å². The van der Waals surface area contributed by atoms with Crippen molar-refractivity contribution >= 4 is 34.5 Å². The van der Waals surface area contributed by atoms with Gasteiger partial charge < -0.3 is 19.5 Å². The molecule has 1 atom stereocenters. The maximum Gasteiger partial charge on any atom is 0.238 e. The Kier molecular flexibility index (Phi) is 7.56. The van der Waals surface area contributed by atoms with Gasteiger partial charge in [-0.1, -0.05) is 17.7 Å². The van der Waals surface area contributed by atoms with Crippen LogP contribution in [0.2, 0.25) is 5.02 Å². The van der Waals surface area contributed by atoms with Crippen LogP contribution in [0.1, 0.15) is 17.7 Å². The van der Waals surface area contributed by atoms with E-state index in [1.807, 2.05) is 11.4 Å². The molecule has 2 aromatic rings. The molecule has 1 N–H and O–H groups in total. The van der Waals surface area contributed by atoms with Gasteiger partial charge in [0.2, 0.25) is 5.91 Å². The summed E-state index contributed by atoms with van der Waals surface area (Å²) in [5.74, 6) is 0.863. The number of nitrogens with one attached hydrogen (secondary N) is 1. The van der Waals surface area contributed by atoms with E-state index < -0.39 is 0 Å². The second-order valence-corrected chi connectivity index (χ2v) is 8.06. The Balaban J connectivity index is 1.68. The zero-order valence-corrected chi connectivity index (χ0v) is 17.6. The molecule has 0 radical (unpaired) electrons. The molecule has 152 valence electrons. The van der Waals surface area contributed by atoms with Gasteiger partial charge in [0.25, 0.3) is 0 Å². The van der Waals surface area contributed by atoms with Crippen LogP contribution in [0.5, 0.6) is 11.5 Å². The zero-order chi connectivity index (χ0) is 19.9. The highest BCUT2D eigenvalue weighted by Gasteiger charge is 2.22. The van der Waals surface area contributed by atoms with Crippen LogP contribution in [0.4, 0.5) is 5.69 Å². The first-order valence-corrected chi connectivity index (χ1v) is 10.4. The largest absolute Gasteiger partial charge is 0.495 e. The molecule has 28 heavy (non-hydrogen) atoms. The van der Waals surface area contributed by atoms with E-state index in [1.165, 1.54) is 12.0 Å². The van der Waals surface area contributed by atoms with Gasteiger partial charge in [0.1, 0.15) is 11.5 Å². The van der Waals surface area contributed by atoms with E-state index in [-0.39, 0.29) is 18.6 Å². The standard InChI is InChI=1S/C20H25ClN2O4S/c1-25-18-10-19(26-2)17(9-16(18)21)22-20(24)13-23(11-14-5-3-7-27-14)12-15-6-4-8-28-15/h4,6,8-10,14H,3,5,7,11-13H2,1-2H3,(H,22,24)/t14-/m1/s1. The Morgan fingerprint density at radius 1 is 1.36 bits per heavy atom. The SMILES string of the molecule is COc1cc(OC)c(NC(=O)CN(Cc2cccs2)C[C@H]2CCCO2)cc1Cl. The number of halogens is 1. The summed E-state index contributed by atoms with van der Waals surface area (Å²) in [6.45, 7) is 2.49. The van der Waals surface area contributed by atoms with Crippen LogP contribution in [-0.2, 0) is 16.1 Å². The number of carbonyl (C=O) groups excluding carboxylic acids is 1. The van der Waals surface area contributed by atoms with Crippen LogP contribution in [0.25, 0.3) is 0 Å². The number of rotatable bonds is 9. The number of methoxy groups -OCH3 is 2. The Morgan fingerprint density at radius 3 is 2.82 bits per heavy atom. The normalized spacial score (nSPS) is 16.4. The molecule has 1 aromatic carbocycles. The lowest BCUT2D eigenvalue weighted by Crippen LogP contribution is -2.37. The molecule has 6 nitrogen and oxygen atoms in total. The van der Waals surface area contributed by atoms with E-state index in [9.17, 15) is 4.79 Å². The first kappa shape index (κ1) is 20.9. The topological polar surface area (TPSA) is 60.0 Å². The zero-order valence-electron chi connectivity index (χ0n) is 16.1. The number of benzene rings is 1.